The van der Waals surface area contributed by atoms with E-state index in [2.05, 4.69) is 60.1 Å². The van der Waals surface area contributed by atoms with Crippen molar-refractivity contribution >= 4 is 38.5 Å². The Bertz CT molecular complexity index is 542. The summed E-state index contributed by atoms with van der Waals surface area (Å²) in [7, 11) is 1.87. The maximum atomic E-state index is 5.66. The van der Waals surface area contributed by atoms with Crippen LogP contribution in [0.15, 0.2) is 29.0 Å². The molecule has 18 heavy (non-hydrogen) atoms. The van der Waals surface area contributed by atoms with Gasteiger partial charge in [0.05, 0.1) is 6.04 Å². The van der Waals surface area contributed by atoms with Gasteiger partial charge in [-0.25, -0.2) is 4.98 Å². The number of aryl methyl sites for hydroxylation is 1. The molecular formula is C11H13BrIN5. The molecule has 2 aromatic rings. The Hall–Kier alpha value is -0.510. The van der Waals surface area contributed by atoms with Crippen LogP contribution in [0.4, 0.5) is 0 Å². The second-order valence-corrected chi connectivity index (χ2v) is 5.99. The molecule has 1 heterocycles. The fourth-order valence-electron chi connectivity index (χ4n) is 1.73. The molecule has 5 nitrogen and oxygen atoms in total. The molecule has 0 aliphatic rings. The van der Waals surface area contributed by atoms with Crippen molar-refractivity contribution in [3.05, 3.63) is 44.0 Å². The highest BCUT2D eigenvalue weighted by Crippen LogP contribution is 2.27. The van der Waals surface area contributed by atoms with Gasteiger partial charge in [-0.05, 0) is 46.4 Å². The van der Waals surface area contributed by atoms with Gasteiger partial charge in [0, 0.05) is 21.5 Å². The number of nitrogens with two attached hydrogens (primary N) is 1. The van der Waals surface area contributed by atoms with Gasteiger partial charge in [0.2, 0.25) is 0 Å². The molecule has 96 valence electrons. The zero-order chi connectivity index (χ0) is 13.1. The van der Waals surface area contributed by atoms with Crippen molar-refractivity contribution in [2.24, 2.45) is 12.9 Å². The number of nitrogens with one attached hydrogen (secondary N) is 1. The predicted octanol–water partition coefficient (Wildman–Crippen LogP) is 1.93. The molecule has 1 unspecified atom stereocenters. The summed E-state index contributed by atoms with van der Waals surface area (Å²) < 4.78 is 3.96. The van der Waals surface area contributed by atoms with Gasteiger partial charge in [-0.2, -0.15) is 5.10 Å². The Morgan fingerprint density at radius 1 is 1.56 bits per heavy atom. The quantitative estimate of drug-likeness (QED) is 0.449. The summed E-state index contributed by atoms with van der Waals surface area (Å²) in [5, 5.41) is 4.06. The van der Waals surface area contributed by atoms with Crippen LogP contribution in [-0.4, -0.2) is 14.8 Å². The number of aromatic nitrogens is 3. The highest BCUT2D eigenvalue weighted by molar-refractivity contribution is 14.1. The first-order valence-corrected chi connectivity index (χ1v) is 7.23. The van der Waals surface area contributed by atoms with Gasteiger partial charge in [-0.1, -0.05) is 15.9 Å². The van der Waals surface area contributed by atoms with Crippen LogP contribution in [-0.2, 0) is 13.5 Å². The average molecular weight is 422 g/mol. The smallest absolute Gasteiger partial charge is 0.138 e. The van der Waals surface area contributed by atoms with Crippen LogP contribution in [0.5, 0.6) is 0 Å². The van der Waals surface area contributed by atoms with Gasteiger partial charge < -0.3 is 0 Å². The normalized spacial score (nSPS) is 12.7. The minimum absolute atomic E-state index is 0.00279. The molecule has 0 aliphatic carbocycles. The maximum absolute atomic E-state index is 5.66. The molecule has 2 rings (SSSR count). The van der Waals surface area contributed by atoms with E-state index in [0.29, 0.717) is 6.42 Å². The SMILES string of the molecule is Cn1ncnc1CC(NN)c1cc(I)ccc1Br. The summed E-state index contributed by atoms with van der Waals surface area (Å²) in [5.41, 5.74) is 3.96. The van der Waals surface area contributed by atoms with Crippen molar-refractivity contribution < 1.29 is 0 Å². The van der Waals surface area contributed by atoms with E-state index in [1.54, 1.807) is 11.0 Å². The average Bonchev–Trinajstić information content (AvgIpc) is 2.75. The van der Waals surface area contributed by atoms with E-state index in [1.807, 2.05) is 19.2 Å². The topological polar surface area (TPSA) is 68.8 Å². The molecule has 0 saturated heterocycles. The van der Waals surface area contributed by atoms with Gasteiger partial charge >= 0.3 is 0 Å². The second-order valence-electron chi connectivity index (χ2n) is 3.89. The molecular weight excluding hydrogens is 409 g/mol. The summed E-state index contributed by atoms with van der Waals surface area (Å²) in [4.78, 5) is 4.22. The lowest BCUT2D eigenvalue weighted by Gasteiger charge is -2.17. The number of hydrogen-bond acceptors (Lipinski definition) is 4. The van der Waals surface area contributed by atoms with Crippen LogP contribution in [0.3, 0.4) is 0 Å². The first-order chi connectivity index (χ1) is 8.61. The van der Waals surface area contributed by atoms with Crippen molar-refractivity contribution in [2.75, 3.05) is 0 Å². The standard InChI is InChI=1S/C11H13BrIN5/c1-18-11(15-6-16-18)5-10(17-14)8-4-7(13)2-3-9(8)12/h2-4,6,10,17H,5,14H2,1H3. The number of nitrogens with zero attached hydrogens (tertiary/aromatic N) is 3. The van der Waals surface area contributed by atoms with Gasteiger partial charge in [0.25, 0.3) is 0 Å². The lowest BCUT2D eigenvalue weighted by atomic mass is 10.0. The monoisotopic (exact) mass is 421 g/mol. The number of hydrazine groups is 1. The van der Waals surface area contributed by atoms with Crippen LogP contribution < -0.4 is 11.3 Å². The third-order valence-corrected chi connectivity index (χ3v) is 4.12. The zero-order valence-corrected chi connectivity index (χ0v) is 13.5. The fraction of sp³-hybridized carbons (Fsp3) is 0.273. The summed E-state index contributed by atoms with van der Waals surface area (Å²) >= 11 is 5.84. The van der Waals surface area contributed by atoms with Crippen molar-refractivity contribution in [1.29, 1.82) is 0 Å². The molecule has 7 heteroatoms. The van der Waals surface area contributed by atoms with Crippen molar-refractivity contribution in [3.63, 3.8) is 0 Å². The molecule has 0 bridgehead atoms. The van der Waals surface area contributed by atoms with Gasteiger partial charge in [-0.3, -0.25) is 16.0 Å². The molecule has 0 radical (unpaired) electrons. The van der Waals surface area contributed by atoms with E-state index in [4.69, 9.17) is 5.84 Å². The largest absolute Gasteiger partial charge is 0.271 e. The molecule has 0 spiro atoms. The van der Waals surface area contributed by atoms with E-state index >= 15 is 0 Å². The summed E-state index contributed by atoms with van der Waals surface area (Å²) in [5.74, 6) is 6.55. The fourth-order valence-corrected chi connectivity index (χ4v) is 2.77. The third-order valence-electron chi connectivity index (χ3n) is 2.73. The van der Waals surface area contributed by atoms with Crippen LogP contribution >= 0.6 is 38.5 Å². The minimum Gasteiger partial charge on any atom is -0.271 e. The van der Waals surface area contributed by atoms with Crippen LogP contribution in [0, 0.1) is 3.57 Å². The van der Waals surface area contributed by atoms with Gasteiger partial charge in [0.1, 0.15) is 12.2 Å². The highest BCUT2D eigenvalue weighted by Gasteiger charge is 2.16. The Morgan fingerprint density at radius 3 is 2.94 bits per heavy atom. The first kappa shape index (κ1) is 13.9. The Kier molecular flexibility index (Phi) is 4.71. The number of halogens is 2. The molecule has 0 aliphatic heterocycles. The third kappa shape index (κ3) is 3.08. The van der Waals surface area contributed by atoms with Crippen molar-refractivity contribution in [2.45, 2.75) is 12.5 Å². The van der Waals surface area contributed by atoms with E-state index in [0.717, 1.165) is 15.9 Å². The van der Waals surface area contributed by atoms with Crippen molar-refractivity contribution in [3.8, 4) is 0 Å². The molecule has 1 atom stereocenters. The second kappa shape index (κ2) is 6.09. The summed E-state index contributed by atoms with van der Waals surface area (Å²) in [6.45, 7) is 0. The van der Waals surface area contributed by atoms with Crippen LogP contribution in [0.2, 0.25) is 0 Å². The molecule has 1 aromatic heterocycles. The van der Waals surface area contributed by atoms with E-state index in [-0.39, 0.29) is 6.04 Å². The van der Waals surface area contributed by atoms with E-state index < -0.39 is 0 Å². The molecule has 1 aromatic carbocycles. The van der Waals surface area contributed by atoms with E-state index in [1.165, 1.54) is 3.57 Å². The van der Waals surface area contributed by atoms with E-state index in [9.17, 15) is 0 Å². The minimum atomic E-state index is -0.00279. The highest BCUT2D eigenvalue weighted by atomic mass is 127. The Labute approximate surface area is 127 Å². The first-order valence-electron chi connectivity index (χ1n) is 5.35. The van der Waals surface area contributed by atoms with Crippen molar-refractivity contribution in [1.82, 2.24) is 20.2 Å². The predicted molar refractivity (Wildman–Crippen MR) is 81.6 cm³/mol. The zero-order valence-electron chi connectivity index (χ0n) is 9.77. The lowest BCUT2D eigenvalue weighted by Crippen LogP contribution is -2.30. The van der Waals surface area contributed by atoms with Gasteiger partial charge in [-0.15, -0.1) is 0 Å². The number of hydrogen-bond donors (Lipinski definition) is 2. The van der Waals surface area contributed by atoms with Crippen LogP contribution in [0.25, 0.3) is 0 Å². The Morgan fingerprint density at radius 2 is 2.33 bits per heavy atom. The lowest BCUT2D eigenvalue weighted by molar-refractivity contribution is 0.521. The Balaban J connectivity index is 2.28. The summed E-state index contributed by atoms with van der Waals surface area (Å²) in [6, 6.07) is 6.17. The summed E-state index contributed by atoms with van der Waals surface area (Å²) in [6.07, 6.45) is 2.23. The molecule has 3 N–H and O–H groups in total. The molecule has 0 amide bonds. The molecule has 0 fully saturated rings. The number of benzene rings is 1. The maximum Gasteiger partial charge on any atom is 0.138 e. The number of rotatable bonds is 4. The van der Waals surface area contributed by atoms with Crippen LogP contribution in [0.1, 0.15) is 17.4 Å². The van der Waals surface area contributed by atoms with Gasteiger partial charge in [0.15, 0.2) is 0 Å². The molecule has 0 saturated carbocycles.